The molecule has 1 N–H and O–H groups in total. The molecule has 0 amide bonds. The topological polar surface area (TPSA) is 15.3 Å². The van der Waals surface area contributed by atoms with E-state index >= 15 is 0 Å². The Morgan fingerprint density at radius 3 is 2.42 bits per heavy atom. The fourth-order valence-electron chi connectivity index (χ4n) is 2.55. The van der Waals surface area contributed by atoms with Crippen molar-refractivity contribution in [2.45, 2.75) is 52.1 Å². The molecule has 1 aromatic rings. The van der Waals surface area contributed by atoms with Crippen LogP contribution in [0.15, 0.2) is 18.2 Å². The van der Waals surface area contributed by atoms with Crippen LogP contribution in [0.25, 0.3) is 0 Å². The van der Waals surface area contributed by atoms with Crippen molar-refractivity contribution in [2.24, 2.45) is 0 Å². The van der Waals surface area contributed by atoms with Crippen LogP contribution in [0, 0.1) is 5.82 Å². The molecule has 0 aliphatic carbocycles. The lowest BCUT2D eigenvalue weighted by atomic mass is 10.1. The van der Waals surface area contributed by atoms with Gasteiger partial charge in [0, 0.05) is 25.7 Å². The first kappa shape index (κ1) is 14.3. The van der Waals surface area contributed by atoms with Crippen molar-refractivity contribution < 1.29 is 4.39 Å². The van der Waals surface area contributed by atoms with Crippen LogP contribution < -0.4 is 10.2 Å². The summed E-state index contributed by atoms with van der Waals surface area (Å²) in [5, 5.41) is 3.32. The molecule has 1 aliphatic heterocycles. The summed E-state index contributed by atoms with van der Waals surface area (Å²) in [7, 11) is 0. The highest BCUT2D eigenvalue weighted by molar-refractivity contribution is 5.49. The molecule has 0 unspecified atom stereocenters. The van der Waals surface area contributed by atoms with Crippen molar-refractivity contribution >= 4 is 5.69 Å². The van der Waals surface area contributed by atoms with E-state index in [0.29, 0.717) is 6.04 Å². The quantitative estimate of drug-likeness (QED) is 0.892. The van der Waals surface area contributed by atoms with Crippen molar-refractivity contribution in [2.75, 3.05) is 18.0 Å². The zero-order chi connectivity index (χ0) is 13.7. The Morgan fingerprint density at radius 2 is 1.84 bits per heavy atom. The molecule has 106 valence electrons. The Labute approximate surface area is 116 Å². The van der Waals surface area contributed by atoms with Crippen LogP contribution in [-0.4, -0.2) is 19.1 Å². The van der Waals surface area contributed by atoms with E-state index in [1.807, 2.05) is 12.1 Å². The second kappa shape index (κ2) is 6.90. The van der Waals surface area contributed by atoms with E-state index in [-0.39, 0.29) is 5.82 Å². The van der Waals surface area contributed by atoms with E-state index in [1.165, 1.54) is 25.7 Å². The van der Waals surface area contributed by atoms with Gasteiger partial charge < -0.3 is 10.2 Å². The molecule has 0 radical (unpaired) electrons. The van der Waals surface area contributed by atoms with Crippen molar-refractivity contribution in [1.82, 2.24) is 5.32 Å². The molecule has 2 rings (SSSR count). The van der Waals surface area contributed by atoms with E-state index in [0.717, 1.165) is 30.9 Å². The molecule has 0 bridgehead atoms. The molecule has 19 heavy (non-hydrogen) atoms. The number of nitrogens with one attached hydrogen (secondary N) is 1. The minimum absolute atomic E-state index is 0.0787. The van der Waals surface area contributed by atoms with Gasteiger partial charge in [0.1, 0.15) is 5.82 Å². The van der Waals surface area contributed by atoms with Gasteiger partial charge in [0.15, 0.2) is 0 Å². The monoisotopic (exact) mass is 264 g/mol. The van der Waals surface area contributed by atoms with Gasteiger partial charge in [-0.1, -0.05) is 32.8 Å². The summed E-state index contributed by atoms with van der Waals surface area (Å²) in [5.74, 6) is -0.0787. The highest BCUT2D eigenvalue weighted by atomic mass is 19.1. The van der Waals surface area contributed by atoms with Gasteiger partial charge in [0.2, 0.25) is 0 Å². The Morgan fingerprint density at radius 1 is 1.16 bits per heavy atom. The summed E-state index contributed by atoms with van der Waals surface area (Å²) < 4.78 is 14.2. The third-order valence-electron chi connectivity index (χ3n) is 3.67. The largest absolute Gasteiger partial charge is 0.369 e. The molecular formula is C16H25FN2. The lowest BCUT2D eigenvalue weighted by Crippen LogP contribution is -2.25. The number of nitrogens with zero attached hydrogens (tertiary/aromatic N) is 1. The summed E-state index contributed by atoms with van der Waals surface area (Å²) in [4.78, 5) is 2.20. The molecule has 1 aromatic carbocycles. The van der Waals surface area contributed by atoms with Gasteiger partial charge in [0.25, 0.3) is 0 Å². The number of hydrogen-bond donors (Lipinski definition) is 1. The average molecular weight is 264 g/mol. The zero-order valence-electron chi connectivity index (χ0n) is 12.1. The molecule has 1 aliphatic rings. The van der Waals surface area contributed by atoms with Gasteiger partial charge in [-0.15, -0.1) is 0 Å². The van der Waals surface area contributed by atoms with E-state index in [4.69, 9.17) is 0 Å². The van der Waals surface area contributed by atoms with Crippen molar-refractivity contribution in [3.05, 3.63) is 29.6 Å². The van der Waals surface area contributed by atoms with Gasteiger partial charge in [-0.2, -0.15) is 0 Å². The van der Waals surface area contributed by atoms with Crippen LogP contribution in [0.1, 0.15) is 45.1 Å². The smallest absolute Gasteiger partial charge is 0.146 e. The number of anilines is 1. The molecule has 1 saturated heterocycles. The first-order valence-corrected chi connectivity index (χ1v) is 7.43. The highest BCUT2D eigenvalue weighted by Gasteiger charge is 2.14. The van der Waals surface area contributed by atoms with Crippen LogP contribution >= 0.6 is 0 Å². The van der Waals surface area contributed by atoms with Gasteiger partial charge in [0.05, 0.1) is 5.69 Å². The van der Waals surface area contributed by atoms with Gasteiger partial charge in [-0.25, -0.2) is 4.39 Å². The predicted octanol–water partition coefficient (Wildman–Crippen LogP) is 3.70. The Bertz CT molecular complexity index is 396. The third kappa shape index (κ3) is 4.20. The minimum Gasteiger partial charge on any atom is -0.369 e. The summed E-state index contributed by atoms with van der Waals surface area (Å²) in [6.45, 7) is 6.90. The van der Waals surface area contributed by atoms with E-state index in [2.05, 4.69) is 24.1 Å². The lowest BCUT2D eigenvalue weighted by Gasteiger charge is -2.23. The number of rotatable bonds is 4. The SMILES string of the molecule is CC(C)NCc1ccc(N2CCCCCC2)c(F)c1. The maximum Gasteiger partial charge on any atom is 0.146 e. The highest BCUT2D eigenvalue weighted by Crippen LogP contribution is 2.23. The summed E-state index contributed by atoms with van der Waals surface area (Å²) in [5.41, 5.74) is 1.79. The number of benzene rings is 1. The number of halogens is 1. The van der Waals surface area contributed by atoms with Gasteiger partial charge in [-0.3, -0.25) is 0 Å². The Hall–Kier alpha value is -1.09. The maximum absolute atomic E-state index is 14.2. The average Bonchev–Trinajstić information content (AvgIpc) is 2.65. The van der Waals surface area contributed by atoms with Crippen molar-refractivity contribution in [1.29, 1.82) is 0 Å². The van der Waals surface area contributed by atoms with Gasteiger partial charge >= 0.3 is 0 Å². The third-order valence-corrected chi connectivity index (χ3v) is 3.67. The molecular weight excluding hydrogens is 239 g/mol. The van der Waals surface area contributed by atoms with E-state index < -0.39 is 0 Å². The Kier molecular flexibility index (Phi) is 5.20. The molecule has 1 fully saturated rings. The van der Waals surface area contributed by atoms with Crippen LogP contribution in [-0.2, 0) is 6.54 Å². The lowest BCUT2D eigenvalue weighted by molar-refractivity contribution is 0.580. The first-order chi connectivity index (χ1) is 9.16. The fourth-order valence-corrected chi connectivity index (χ4v) is 2.55. The first-order valence-electron chi connectivity index (χ1n) is 7.43. The standard InChI is InChI=1S/C16H25FN2/c1-13(2)18-12-14-7-8-16(15(17)11-14)19-9-5-3-4-6-10-19/h7-8,11,13,18H,3-6,9-10,12H2,1-2H3. The molecule has 0 atom stereocenters. The normalized spacial score (nSPS) is 16.7. The molecule has 0 saturated carbocycles. The maximum atomic E-state index is 14.2. The zero-order valence-corrected chi connectivity index (χ0v) is 12.1. The predicted molar refractivity (Wildman–Crippen MR) is 79.1 cm³/mol. The van der Waals surface area contributed by atoms with E-state index in [9.17, 15) is 4.39 Å². The molecule has 0 spiro atoms. The fraction of sp³-hybridized carbons (Fsp3) is 0.625. The van der Waals surface area contributed by atoms with Crippen LogP contribution in [0.2, 0.25) is 0 Å². The second-order valence-electron chi connectivity index (χ2n) is 5.72. The van der Waals surface area contributed by atoms with Crippen molar-refractivity contribution in [3.63, 3.8) is 0 Å². The second-order valence-corrected chi connectivity index (χ2v) is 5.72. The van der Waals surface area contributed by atoms with Crippen molar-refractivity contribution in [3.8, 4) is 0 Å². The van der Waals surface area contributed by atoms with Crippen LogP contribution in [0.4, 0.5) is 10.1 Å². The molecule has 1 heterocycles. The van der Waals surface area contributed by atoms with Gasteiger partial charge in [-0.05, 0) is 30.5 Å². The Balaban J connectivity index is 2.05. The van der Waals surface area contributed by atoms with Crippen LogP contribution in [0.5, 0.6) is 0 Å². The molecule has 3 heteroatoms. The number of hydrogen-bond acceptors (Lipinski definition) is 2. The molecule has 2 nitrogen and oxygen atoms in total. The summed E-state index contributed by atoms with van der Waals surface area (Å²) in [6.07, 6.45) is 4.90. The molecule has 0 aromatic heterocycles. The van der Waals surface area contributed by atoms with Crippen LogP contribution in [0.3, 0.4) is 0 Å². The minimum atomic E-state index is -0.0787. The summed E-state index contributed by atoms with van der Waals surface area (Å²) >= 11 is 0. The van der Waals surface area contributed by atoms with E-state index in [1.54, 1.807) is 6.07 Å². The summed E-state index contributed by atoms with van der Waals surface area (Å²) in [6, 6.07) is 6.08.